The minimum Gasteiger partial charge on any atom is -0.314 e. The maximum Gasteiger partial charge on any atom is 0.246 e. The molecule has 1 saturated heterocycles. The molecule has 2 aliphatic rings. The fraction of sp³-hybridized carbons (Fsp3) is 0.474. The molecule has 1 aliphatic carbocycles. The molecule has 27 heavy (non-hydrogen) atoms. The van der Waals surface area contributed by atoms with E-state index in [2.05, 4.69) is 15.3 Å². The third-order valence-corrected chi connectivity index (χ3v) is 7.00. The van der Waals surface area contributed by atoms with Crippen molar-refractivity contribution in [2.75, 3.05) is 19.6 Å². The Morgan fingerprint density at radius 1 is 1.00 bits per heavy atom. The molecule has 1 saturated carbocycles. The minimum absolute atomic E-state index is 0. The van der Waals surface area contributed by atoms with Crippen LogP contribution in [0.4, 0.5) is 0 Å². The molecule has 4 rings (SSSR count). The summed E-state index contributed by atoms with van der Waals surface area (Å²) in [6.45, 7) is 2.17. The second kappa shape index (κ2) is 8.65. The molecule has 0 bridgehead atoms. The molecule has 6 nitrogen and oxygen atoms in total. The van der Waals surface area contributed by atoms with Gasteiger partial charge in [-0.1, -0.05) is 30.3 Å². The van der Waals surface area contributed by atoms with Crippen LogP contribution in [-0.4, -0.2) is 48.4 Å². The number of nitrogens with one attached hydrogen (secondary N) is 1. The summed E-state index contributed by atoms with van der Waals surface area (Å²) in [4.78, 5) is 8.67. The van der Waals surface area contributed by atoms with Gasteiger partial charge in [-0.3, -0.25) is 0 Å². The Morgan fingerprint density at radius 3 is 2.22 bits per heavy atom. The molecule has 2 fully saturated rings. The van der Waals surface area contributed by atoms with Gasteiger partial charge in [-0.25, -0.2) is 18.4 Å². The zero-order chi connectivity index (χ0) is 18.0. The summed E-state index contributed by atoms with van der Waals surface area (Å²) in [5.41, 5.74) is 0.874. The van der Waals surface area contributed by atoms with Crippen molar-refractivity contribution in [3.8, 4) is 11.4 Å². The van der Waals surface area contributed by atoms with E-state index in [1.165, 1.54) is 25.2 Å². The molecule has 146 valence electrons. The van der Waals surface area contributed by atoms with Crippen molar-refractivity contribution >= 4 is 22.4 Å². The molecule has 1 aromatic carbocycles. The van der Waals surface area contributed by atoms with Gasteiger partial charge in [-0.15, -0.1) is 12.4 Å². The molecule has 8 heteroatoms. The third kappa shape index (κ3) is 4.85. The van der Waals surface area contributed by atoms with Gasteiger partial charge in [0.1, 0.15) is 4.90 Å². The van der Waals surface area contributed by atoms with Crippen molar-refractivity contribution in [1.82, 2.24) is 19.6 Å². The molecule has 2 heterocycles. The van der Waals surface area contributed by atoms with Crippen LogP contribution in [0.2, 0.25) is 0 Å². The van der Waals surface area contributed by atoms with Crippen LogP contribution in [-0.2, 0) is 10.0 Å². The molecule has 0 radical (unpaired) electrons. The Labute approximate surface area is 166 Å². The number of aromatic nitrogens is 2. The van der Waals surface area contributed by atoms with Crippen LogP contribution in [0.15, 0.2) is 47.6 Å². The minimum atomic E-state index is -3.52. The average Bonchev–Trinajstić information content (AvgIpc) is 3.52. The third-order valence-electron chi connectivity index (χ3n) is 5.14. The molecule has 0 amide bonds. The van der Waals surface area contributed by atoms with Gasteiger partial charge < -0.3 is 5.32 Å². The number of sulfonamides is 1. The van der Waals surface area contributed by atoms with Gasteiger partial charge in [0, 0.05) is 24.7 Å². The van der Waals surface area contributed by atoms with E-state index < -0.39 is 10.0 Å². The maximum absolute atomic E-state index is 12.8. The number of halogens is 1. The van der Waals surface area contributed by atoms with E-state index in [1.807, 2.05) is 30.3 Å². The van der Waals surface area contributed by atoms with E-state index in [9.17, 15) is 8.42 Å². The summed E-state index contributed by atoms with van der Waals surface area (Å²) in [6.07, 6.45) is 7.21. The molecule has 1 aromatic heterocycles. The average molecular weight is 409 g/mol. The van der Waals surface area contributed by atoms with Crippen molar-refractivity contribution in [3.63, 3.8) is 0 Å². The molecule has 0 atom stereocenters. The second-order valence-electron chi connectivity index (χ2n) is 7.14. The van der Waals surface area contributed by atoms with Gasteiger partial charge in [-0.2, -0.15) is 4.31 Å². The van der Waals surface area contributed by atoms with E-state index in [-0.39, 0.29) is 17.3 Å². The summed E-state index contributed by atoms with van der Waals surface area (Å²) in [6, 6.07) is 9.98. The standard InChI is InChI=1S/C19H24N4O2S.ClH/c24-26(25,23-10-8-17(9-11-23)20-12-15-6-7-15)18-13-21-19(22-14-18)16-4-2-1-3-5-16;/h1-5,13-15,17,20H,6-12H2;1H. The first-order valence-corrected chi connectivity index (χ1v) is 10.7. The zero-order valence-electron chi connectivity index (χ0n) is 15.1. The first kappa shape index (κ1) is 20.2. The Morgan fingerprint density at radius 2 is 1.63 bits per heavy atom. The van der Waals surface area contributed by atoms with Gasteiger partial charge in [0.05, 0.1) is 12.4 Å². The predicted octanol–water partition coefficient (Wildman–Crippen LogP) is 2.72. The highest BCUT2D eigenvalue weighted by atomic mass is 35.5. The van der Waals surface area contributed by atoms with Crippen LogP contribution in [0.3, 0.4) is 0 Å². The lowest BCUT2D eigenvalue weighted by Crippen LogP contribution is -2.45. The number of hydrogen-bond acceptors (Lipinski definition) is 5. The van der Waals surface area contributed by atoms with Crippen LogP contribution in [0, 0.1) is 5.92 Å². The lowest BCUT2D eigenvalue weighted by atomic mass is 10.1. The largest absolute Gasteiger partial charge is 0.314 e. The topological polar surface area (TPSA) is 75.2 Å². The van der Waals surface area contributed by atoms with Crippen molar-refractivity contribution in [1.29, 1.82) is 0 Å². The summed E-state index contributed by atoms with van der Waals surface area (Å²) < 4.78 is 27.2. The van der Waals surface area contributed by atoms with Crippen LogP contribution in [0.5, 0.6) is 0 Å². The Hall–Kier alpha value is -1.54. The summed E-state index contributed by atoms with van der Waals surface area (Å²) in [5.74, 6) is 1.38. The lowest BCUT2D eigenvalue weighted by Gasteiger charge is -2.31. The Kier molecular flexibility index (Phi) is 6.47. The molecular weight excluding hydrogens is 384 g/mol. The van der Waals surface area contributed by atoms with Crippen molar-refractivity contribution in [2.45, 2.75) is 36.6 Å². The van der Waals surface area contributed by atoms with E-state index in [4.69, 9.17) is 0 Å². The van der Waals surface area contributed by atoms with Gasteiger partial charge >= 0.3 is 0 Å². The number of rotatable bonds is 6. The quantitative estimate of drug-likeness (QED) is 0.795. The zero-order valence-corrected chi connectivity index (χ0v) is 16.8. The fourth-order valence-electron chi connectivity index (χ4n) is 3.29. The monoisotopic (exact) mass is 408 g/mol. The number of piperidine rings is 1. The van der Waals surface area contributed by atoms with E-state index in [0.717, 1.165) is 30.9 Å². The van der Waals surface area contributed by atoms with Crippen LogP contribution >= 0.6 is 12.4 Å². The molecular formula is C19H25ClN4O2S. The number of benzene rings is 1. The van der Waals surface area contributed by atoms with E-state index in [0.29, 0.717) is 25.0 Å². The Balaban J connectivity index is 0.00000210. The smallest absolute Gasteiger partial charge is 0.246 e. The van der Waals surface area contributed by atoms with Crippen molar-refractivity contribution < 1.29 is 8.42 Å². The lowest BCUT2D eigenvalue weighted by molar-refractivity contribution is 0.288. The highest BCUT2D eigenvalue weighted by molar-refractivity contribution is 7.89. The maximum atomic E-state index is 12.8. The highest BCUT2D eigenvalue weighted by Crippen LogP contribution is 2.28. The van der Waals surface area contributed by atoms with E-state index >= 15 is 0 Å². The fourth-order valence-corrected chi connectivity index (χ4v) is 4.65. The predicted molar refractivity (Wildman–Crippen MR) is 107 cm³/mol. The molecule has 0 spiro atoms. The summed E-state index contributed by atoms with van der Waals surface area (Å²) >= 11 is 0. The van der Waals surface area contributed by atoms with Crippen LogP contribution in [0.1, 0.15) is 25.7 Å². The normalized spacial score (nSPS) is 18.8. The molecule has 0 unspecified atom stereocenters. The molecule has 1 N–H and O–H groups in total. The van der Waals surface area contributed by atoms with Crippen molar-refractivity contribution in [3.05, 3.63) is 42.7 Å². The Bertz CT molecular complexity index is 834. The highest BCUT2D eigenvalue weighted by Gasteiger charge is 2.30. The SMILES string of the molecule is Cl.O=S(=O)(c1cnc(-c2ccccc2)nc1)N1CCC(NCC2CC2)CC1. The summed E-state index contributed by atoms with van der Waals surface area (Å²) in [5, 5.41) is 3.57. The van der Waals surface area contributed by atoms with Gasteiger partial charge in [0.15, 0.2) is 5.82 Å². The number of hydrogen-bond donors (Lipinski definition) is 1. The van der Waals surface area contributed by atoms with Gasteiger partial charge in [0.2, 0.25) is 10.0 Å². The van der Waals surface area contributed by atoms with Crippen LogP contribution in [0.25, 0.3) is 11.4 Å². The first-order chi connectivity index (χ1) is 12.6. The van der Waals surface area contributed by atoms with Gasteiger partial charge in [0.25, 0.3) is 0 Å². The second-order valence-corrected chi connectivity index (χ2v) is 9.08. The molecule has 1 aliphatic heterocycles. The molecule has 2 aromatic rings. The van der Waals surface area contributed by atoms with Crippen LogP contribution < -0.4 is 5.32 Å². The van der Waals surface area contributed by atoms with Crippen molar-refractivity contribution in [2.24, 2.45) is 5.92 Å². The summed E-state index contributed by atoms with van der Waals surface area (Å²) in [7, 11) is -3.52. The number of nitrogens with zero attached hydrogens (tertiary/aromatic N) is 3. The van der Waals surface area contributed by atoms with Gasteiger partial charge in [-0.05, 0) is 38.1 Å². The first-order valence-electron chi connectivity index (χ1n) is 9.24. The van der Waals surface area contributed by atoms with E-state index in [1.54, 1.807) is 4.31 Å².